The number of nitrogens with zero attached hydrogens (tertiary/aromatic N) is 4. The molecule has 0 bridgehead atoms. The van der Waals surface area contributed by atoms with Gasteiger partial charge in [0, 0.05) is 18.0 Å². The molecule has 2 N–H and O–H groups in total. The molecule has 0 amide bonds. The van der Waals surface area contributed by atoms with Gasteiger partial charge in [-0.25, -0.2) is 4.68 Å². The Bertz CT molecular complexity index is 557. The first-order chi connectivity index (χ1) is 9.11. The van der Waals surface area contributed by atoms with E-state index < -0.39 is 0 Å². The molecule has 2 aromatic rings. The van der Waals surface area contributed by atoms with Crippen LogP contribution in [0, 0.1) is 0 Å². The van der Waals surface area contributed by atoms with Crippen LogP contribution in [-0.4, -0.2) is 26.2 Å². The number of aryl methyl sites for hydroxylation is 1. The highest BCUT2D eigenvalue weighted by Gasteiger charge is 2.14. The van der Waals surface area contributed by atoms with Crippen molar-refractivity contribution in [3.05, 3.63) is 28.8 Å². The Hall–Kier alpha value is -1.11. The van der Waals surface area contributed by atoms with E-state index in [-0.39, 0.29) is 6.04 Å². The first-order valence-corrected chi connectivity index (χ1v) is 7.24. The maximum Gasteiger partial charge on any atom is 0.213 e. The van der Waals surface area contributed by atoms with Gasteiger partial charge in [-0.1, -0.05) is 30.7 Å². The molecule has 0 spiro atoms. The van der Waals surface area contributed by atoms with Gasteiger partial charge in [0.05, 0.1) is 5.02 Å². The lowest BCUT2D eigenvalue weighted by Gasteiger charge is -2.13. The molecule has 1 unspecified atom stereocenters. The minimum atomic E-state index is 0.135. The van der Waals surface area contributed by atoms with Crippen molar-refractivity contribution in [2.45, 2.75) is 35.9 Å². The van der Waals surface area contributed by atoms with E-state index in [0.29, 0.717) is 10.2 Å². The predicted octanol–water partition coefficient (Wildman–Crippen LogP) is 2.29. The van der Waals surface area contributed by atoms with Gasteiger partial charge in [0.1, 0.15) is 0 Å². The van der Waals surface area contributed by atoms with Crippen LogP contribution in [0.3, 0.4) is 0 Å². The van der Waals surface area contributed by atoms with Crippen LogP contribution >= 0.6 is 23.4 Å². The summed E-state index contributed by atoms with van der Waals surface area (Å²) < 4.78 is 1.62. The normalized spacial score (nSPS) is 12.6. The first-order valence-electron chi connectivity index (χ1n) is 6.05. The average molecular weight is 298 g/mol. The fraction of sp³-hybridized carbons (Fsp3) is 0.417. The number of halogens is 1. The highest BCUT2D eigenvalue weighted by Crippen LogP contribution is 2.35. The highest BCUT2D eigenvalue weighted by molar-refractivity contribution is 7.99. The number of rotatable bonds is 5. The third kappa shape index (κ3) is 3.46. The van der Waals surface area contributed by atoms with Crippen LogP contribution < -0.4 is 5.73 Å². The van der Waals surface area contributed by atoms with E-state index in [2.05, 4.69) is 22.4 Å². The van der Waals surface area contributed by atoms with Crippen LogP contribution in [0.4, 0.5) is 0 Å². The fourth-order valence-electron chi connectivity index (χ4n) is 1.65. The Labute approximate surface area is 121 Å². The molecular weight excluding hydrogens is 282 g/mol. The summed E-state index contributed by atoms with van der Waals surface area (Å²) in [5, 5.41) is 12.8. The van der Waals surface area contributed by atoms with Gasteiger partial charge in [0.25, 0.3) is 0 Å². The number of nitrogens with two attached hydrogens (primary N) is 1. The number of benzene rings is 1. The number of hydrogen-bond acceptors (Lipinski definition) is 5. The van der Waals surface area contributed by atoms with Crippen molar-refractivity contribution in [3.63, 3.8) is 0 Å². The van der Waals surface area contributed by atoms with Crippen molar-refractivity contribution in [2.24, 2.45) is 12.8 Å². The quantitative estimate of drug-likeness (QED) is 0.917. The summed E-state index contributed by atoms with van der Waals surface area (Å²) in [6, 6.07) is 6.00. The molecular formula is C12H16ClN5S. The minimum Gasteiger partial charge on any atom is -0.327 e. The van der Waals surface area contributed by atoms with Gasteiger partial charge in [-0.15, -0.1) is 5.10 Å². The van der Waals surface area contributed by atoms with Gasteiger partial charge in [-0.3, -0.25) is 0 Å². The number of hydrogen-bond donors (Lipinski definition) is 1. The van der Waals surface area contributed by atoms with Gasteiger partial charge in [0.15, 0.2) is 0 Å². The molecule has 1 aromatic carbocycles. The second kappa shape index (κ2) is 6.36. The maximum absolute atomic E-state index is 6.29. The van der Waals surface area contributed by atoms with Gasteiger partial charge in [0.2, 0.25) is 5.16 Å². The van der Waals surface area contributed by atoms with Crippen molar-refractivity contribution < 1.29 is 0 Å². The molecule has 7 heteroatoms. The Kier molecular flexibility index (Phi) is 4.79. The molecule has 0 aliphatic heterocycles. The molecule has 1 heterocycles. The molecule has 1 aromatic heterocycles. The molecule has 1 atom stereocenters. The summed E-state index contributed by atoms with van der Waals surface area (Å²) in [5.74, 6) is 0. The Morgan fingerprint density at radius 3 is 2.89 bits per heavy atom. The minimum absolute atomic E-state index is 0.135. The lowest BCUT2D eigenvalue weighted by molar-refractivity contribution is 0.640. The van der Waals surface area contributed by atoms with Gasteiger partial charge < -0.3 is 5.73 Å². The van der Waals surface area contributed by atoms with Crippen LogP contribution in [0.25, 0.3) is 0 Å². The standard InChI is InChI=1S/C12H16ClN5S/c1-3-9(14)7-8-5-4-6-10(13)11(8)19-12-15-16-17-18(12)2/h4-6,9H,3,7,14H2,1-2H3. The average Bonchev–Trinajstić information content (AvgIpc) is 2.79. The Balaban J connectivity index is 2.30. The van der Waals surface area contributed by atoms with Crippen LogP contribution in [-0.2, 0) is 13.5 Å². The Morgan fingerprint density at radius 2 is 2.26 bits per heavy atom. The van der Waals surface area contributed by atoms with E-state index in [1.165, 1.54) is 11.8 Å². The van der Waals surface area contributed by atoms with Gasteiger partial charge in [-0.05, 0) is 46.7 Å². The second-order valence-corrected chi connectivity index (χ2v) is 5.67. The smallest absolute Gasteiger partial charge is 0.213 e. The zero-order chi connectivity index (χ0) is 13.8. The first kappa shape index (κ1) is 14.3. The van der Waals surface area contributed by atoms with Crippen molar-refractivity contribution >= 4 is 23.4 Å². The fourth-order valence-corrected chi connectivity index (χ4v) is 2.84. The van der Waals surface area contributed by atoms with Crippen LogP contribution in [0.15, 0.2) is 28.3 Å². The summed E-state index contributed by atoms with van der Waals surface area (Å²) in [4.78, 5) is 0.978. The third-order valence-corrected chi connectivity index (χ3v) is 4.47. The van der Waals surface area contributed by atoms with Crippen molar-refractivity contribution in [2.75, 3.05) is 0 Å². The van der Waals surface area contributed by atoms with E-state index in [4.69, 9.17) is 17.3 Å². The third-order valence-electron chi connectivity index (χ3n) is 2.83. The summed E-state index contributed by atoms with van der Waals surface area (Å²) in [5.41, 5.74) is 7.16. The molecule has 19 heavy (non-hydrogen) atoms. The zero-order valence-electron chi connectivity index (χ0n) is 10.9. The summed E-state index contributed by atoms with van der Waals surface area (Å²) in [7, 11) is 1.80. The van der Waals surface area contributed by atoms with E-state index in [1.807, 2.05) is 18.2 Å². The van der Waals surface area contributed by atoms with Crippen molar-refractivity contribution in [3.8, 4) is 0 Å². The lowest BCUT2D eigenvalue weighted by atomic mass is 10.0. The predicted molar refractivity (Wildman–Crippen MR) is 76.3 cm³/mol. The SMILES string of the molecule is CCC(N)Cc1cccc(Cl)c1Sc1nnnn1C. The molecule has 0 saturated heterocycles. The van der Waals surface area contributed by atoms with Gasteiger partial charge >= 0.3 is 0 Å². The molecule has 0 aliphatic carbocycles. The topological polar surface area (TPSA) is 69.6 Å². The Morgan fingerprint density at radius 1 is 1.47 bits per heavy atom. The molecule has 0 radical (unpaired) electrons. The van der Waals surface area contributed by atoms with Crippen molar-refractivity contribution in [1.29, 1.82) is 0 Å². The second-order valence-electron chi connectivity index (χ2n) is 4.29. The van der Waals surface area contributed by atoms with E-state index in [9.17, 15) is 0 Å². The molecule has 102 valence electrons. The maximum atomic E-state index is 6.29. The van der Waals surface area contributed by atoms with E-state index in [0.717, 1.165) is 23.3 Å². The van der Waals surface area contributed by atoms with Crippen LogP contribution in [0.5, 0.6) is 0 Å². The zero-order valence-corrected chi connectivity index (χ0v) is 12.4. The van der Waals surface area contributed by atoms with Crippen LogP contribution in [0.2, 0.25) is 5.02 Å². The molecule has 5 nitrogen and oxygen atoms in total. The highest BCUT2D eigenvalue weighted by atomic mass is 35.5. The summed E-state index contributed by atoms with van der Waals surface area (Å²) in [6.45, 7) is 2.08. The summed E-state index contributed by atoms with van der Waals surface area (Å²) >= 11 is 7.75. The van der Waals surface area contributed by atoms with E-state index in [1.54, 1.807) is 11.7 Å². The molecule has 2 rings (SSSR count). The van der Waals surface area contributed by atoms with Crippen LogP contribution in [0.1, 0.15) is 18.9 Å². The molecule has 0 saturated carbocycles. The largest absolute Gasteiger partial charge is 0.327 e. The summed E-state index contributed by atoms with van der Waals surface area (Å²) in [6.07, 6.45) is 1.73. The van der Waals surface area contributed by atoms with Crippen molar-refractivity contribution in [1.82, 2.24) is 20.2 Å². The number of tetrazole rings is 1. The van der Waals surface area contributed by atoms with Gasteiger partial charge in [-0.2, -0.15) is 0 Å². The monoisotopic (exact) mass is 297 g/mol. The lowest BCUT2D eigenvalue weighted by Crippen LogP contribution is -2.21. The molecule has 0 fully saturated rings. The number of aromatic nitrogens is 4. The van der Waals surface area contributed by atoms with E-state index >= 15 is 0 Å². The molecule has 0 aliphatic rings.